The molecule has 10 heteroatoms. The minimum absolute atomic E-state index is 0.00434. The number of carbonyl (C=O) groups is 3. The summed E-state index contributed by atoms with van der Waals surface area (Å²) in [5, 5.41) is 9.74. The van der Waals surface area contributed by atoms with Crippen molar-refractivity contribution in [2.24, 2.45) is 11.8 Å². The molecule has 1 N–H and O–H groups in total. The predicted octanol–water partition coefficient (Wildman–Crippen LogP) is 4.05. The number of hydrogen-bond acceptors (Lipinski definition) is 5. The summed E-state index contributed by atoms with van der Waals surface area (Å²) in [5.74, 6) is -1.62. The van der Waals surface area contributed by atoms with Crippen molar-refractivity contribution in [3.8, 4) is 0 Å². The molecule has 0 aromatic heterocycles. The van der Waals surface area contributed by atoms with E-state index in [2.05, 4.69) is 29.1 Å². The zero-order chi connectivity index (χ0) is 27.8. The van der Waals surface area contributed by atoms with Gasteiger partial charge in [-0.3, -0.25) is 14.4 Å². The van der Waals surface area contributed by atoms with E-state index in [1.807, 2.05) is 19.1 Å². The number of nitrogens with zero attached hydrogens (tertiary/aromatic N) is 3. The number of benzene rings is 1. The molecular weight excluding hydrogens is 590 g/mol. The first-order valence-electron chi connectivity index (χ1n) is 12.9. The second-order valence-electron chi connectivity index (χ2n) is 10.3. The van der Waals surface area contributed by atoms with E-state index in [-0.39, 0.29) is 41.0 Å². The van der Waals surface area contributed by atoms with Crippen molar-refractivity contribution in [1.29, 1.82) is 0 Å². The largest absolute Gasteiger partial charge is 0.396 e. The van der Waals surface area contributed by atoms with Gasteiger partial charge in [-0.25, -0.2) is 0 Å². The Bertz CT molecular complexity index is 1120. The Kier molecular flexibility index (Phi) is 9.02. The number of aryl methyl sites for hydroxylation is 1. The molecule has 0 saturated carbocycles. The Morgan fingerprint density at radius 3 is 2.61 bits per heavy atom. The molecule has 3 unspecified atom stereocenters. The number of amides is 3. The highest BCUT2D eigenvalue weighted by atomic mass is 79.9. The minimum Gasteiger partial charge on any atom is -0.396 e. The summed E-state index contributed by atoms with van der Waals surface area (Å²) in [6, 6.07) is 4.72. The van der Waals surface area contributed by atoms with Crippen LogP contribution in [-0.2, 0) is 14.4 Å². The molecule has 1 aromatic carbocycles. The summed E-state index contributed by atoms with van der Waals surface area (Å²) in [7, 11) is 1.73. The van der Waals surface area contributed by atoms with E-state index in [1.165, 1.54) is 0 Å². The van der Waals surface area contributed by atoms with Crippen molar-refractivity contribution in [3.63, 3.8) is 0 Å². The van der Waals surface area contributed by atoms with Crippen LogP contribution in [0.5, 0.6) is 0 Å². The third kappa shape index (κ3) is 4.73. The van der Waals surface area contributed by atoms with Crippen LogP contribution in [0.15, 0.2) is 43.5 Å². The monoisotopic (exact) mass is 623 g/mol. The molecule has 7 nitrogen and oxygen atoms in total. The molecule has 3 amide bonds. The normalized spacial score (nSPS) is 29.3. The summed E-state index contributed by atoms with van der Waals surface area (Å²) in [4.78, 5) is 47.3. The van der Waals surface area contributed by atoms with Crippen molar-refractivity contribution in [1.82, 2.24) is 9.80 Å². The lowest BCUT2D eigenvalue weighted by Gasteiger charge is -2.38. The molecule has 3 aliphatic heterocycles. The number of para-hydroxylation sites is 1. The smallest absolute Gasteiger partial charge is 0.251 e. The Hall–Kier alpha value is -1.81. The van der Waals surface area contributed by atoms with Crippen molar-refractivity contribution in [2.75, 3.05) is 38.2 Å². The maximum atomic E-state index is 14.6. The van der Waals surface area contributed by atoms with Gasteiger partial charge < -0.3 is 19.8 Å². The number of anilines is 1. The first-order valence-corrected chi connectivity index (χ1v) is 15.1. The van der Waals surface area contributed by atoms with E-state index in [9.17, 15) is 19.5 Å². The second-order valence-corrected chi connectivity index (χ2v) is 13.4. The van der Waals surface area contributed by atoms with Gasteiger partial charge in [-0.1, -0.05) is 51.8 Å². The molecule has 3 aliphatic rings. The van der Waals surface area contributed by atoms with Crippen LogP contribution in [0.3, 0.4) is 0 Å². The van der Waals surface area contributed by atoms with Crippen LogP contribution in [0, 0.1) is 18.8 Å². The number of hydrogen-bond donors (Lipinski definition) is 1. The fourth-order valence-corrected chi connectivity index (χ4v) is 10.3. The molecule has 3 heterocycles. The third-order valence-corrected chi connectivity index (χ3v) is 11.5. The number of halogens is 2. The molecule has 4 rings (SSSR count). The van der Waals surface area contributed by atoms with E-state index < -0.39 is 22.6 Å². The van der Waals surface area contributed by atoms with Gasteiger partial charge in [-0.15, -0.1) is 24.9 Å². The molecule has 1 aromatic rings. The fourth-order valence-electron chi connectivity index (χ4n) is 6.40. The Morgan fingerprint density at radius 1 is 1.26 bits per heavy atom. The zero-order valence-corrected chi connectivity index (χ0v) is 25.0. The lowest BCUT2D eigenvalue weighted by molar-refractivity contribution is -0.143. The third-order valence-electron chi connectivity index (χ3n) is 7.93. The predicted molar refractivity (Wildman–Crippen MR) is 157 cm³/mol. The maximum absolute atomic E-state index is 14.6. The van der Waals surface area contributed by atoms with E-state index in [0.717, 1.165) is 5.56 Å². The van der Waals surface area contributed by atoms with Gasteiger partial charge in [0, 0.05) is 43.4 Å². The molecule has 3 saturated heterocycles. The van der Waals surface area contributed by atoms with Crippen molar-refractivity contribution < 1.29 is 19.5 Å². The number of aliphatic hydroxyl groups is 1. The molecule has 2 bridgehead atoms. The van der Waals surface area contributed by atoms with Crippen LogP contribution in [0.4, 0.5) is 5.69 Å². The maximum Gasteiger partial charge on any atom is 0.251 e. The van der Waals surface area contributed by atoms with Gasteiger partial charge in [-0.05, 0) is 37.8 Å². The topological polar surface area (TPSA) is 81.2 Å². The van der Waals surface area contributed by atoms with Crippen LogP contribution in [-0.4, -0.2) is 86.8 Å². The number of rotatable bonds is 11. The molecule has 206 valence electrons. The molecule has 38 heavy (non-hydrogen) atoms. The van der Waals surface area contributed by atoms with Gasteiger partial charge in [0.05, 0.1) is 27.3 Å². The van der Waals surface area contributed by atoms with Gasteiger partial charge >= 0.3 is 0 Å². The summed E-state index contributed by atoms with van der Waals surface area (Å²) in [6.07, 6.45) is 5.00. The summed E-state index contributed by atoms with van der Waals surface area (Å²) in [6.45, 7) is 10.5. The van der Waals surface area contributed by atoms with Crippen molar-refractivity contribution in [2.45, 2.75) is 47.1 Å². The van der Waals surface area contributed by atoms with Crippen LogP contribution >= 0.6 is 39.3 Å². The van der Waals surface area contributed by atoms with Gasteiger partial charge in [0.2, 0.25) is 11.8 Å². The zero-order valence-electron chi connectivity index (χ0n) is 21.8. The van der Waals surface area contributed by atoms with E-state index >= 15 is 0 Å². The highest BCUT2D eigenvalue weighted by Crippen LogP contribution is 2.68. The van der Waals surface area contributed by atoms with Gasteiger partial charge in [0.1, 0.15) is 6.04 Å². The van der Waals surface area contributed by atoms with Gasteiger partial charge in [-0.2, -0.15) is 0 Å². The number of unbranched alkanes of at least 4 members (excludes halogenated alkanes) is 1. The number of likely N-dealkylation sites (N-methyl/N-ethyl adjacent to an activating group) is 1. The first kappa shape index (κ1) is 29.2. The molecule has 6 atom stereocenters. The number of aliphatic hydroxyl groups excluding tert-OH is 1. The van der Waals surface area contributed by atoms with Crippen LogP contribution < -0.4 is 4.90 Å². The molecule has 0 radical (unpaired) electrons. The van der Waals surface area contributed by atoms with E-state index in [0.29, 0.717) is 43.1 Å². The number of likely N-dealkylation sites (tertiary alicyclic amines) is 1. The summed E-state index contributed by atoms with van der Waals surface area (Å²) in [5.41, 5.74) is 1.45. The average Bonchev–Trinajstić information content (AvgIpc) is 3.46. The number of thioether (sulfide) groups is 1. The lowest BCUT2D eigenvalue weighted by Crippen LogP contribution is -2.56. The number of fused-ring (bicyclic) bond motifs is 1. The standard InChI is InChI=1S/C28H35BrClN3O4S/c1-5-12-31(4)25(35)20-21-26(36)33(14-7-8-15-34)24(28(21)16-18(29)23(20)38-28)27(37)32(13-6-2)22-17(3)10-9-11-19(22)30/h5-6,9-11,18,20-21,23-24,34H,1-2,7-8,12-16H2,3-4H3/t18?,20-,21+,23-,24?,28?/m1/s1. The number of alkyl halides is 1. The fraction of sp³-hybridized carbons (Fsp3) is 0.536. The number of carbonyl (C=O) groups excluding carboxylic acids is 3. The van der Waals surface area contributed by atoms with E-state index in [4.69, 9.17) is 11.6 Å². The van der Waals surface area contributed by atoms with Gasteiger partial charge in [0.25, 0.3) is 5.91 Å². The Balaban J connectivity index is 1.81. The lowest BCUT2D eigenvalue weighted by atomic mass is 9.70. The molecule has 3 fully saturated rings. The van der Waals surface area contributed by atoms with Crippen LogP contribution in [0.25, 0.3) is 0 Å². The molecule has 1 spiro atoms. The SMILES string of the molecule is C=CCN(C)C(=O)[C@H]1[C@@H]2SC3(CC2Br)C(C(=O)N(CC=C)c2c(C)cccc2Cl)N(CCCCO)C(=O)[C@H]13. The quantitative estimate of drug-likeness (QED) is 0.228. The van der Waals surface area contributed by atoms with Crippen LogP contribution in [0.1, 0.15) is 24.8 Å². The van der Waals surface area contributed by atoms with Crippen molar-refractivity contribution >= 4 is 62.7 Å². The second kappa shape index (κ2) is 11.7. The summed E-state index contributed by atoms with van der Waals surface area (Å²) >= 11 is 12.0. The highest BCUT2D eigenvalue weighted by Gasteiger charge is 2.76. The summed E-state index contributed by atoms with van der Waals surface area (Å²) < 4.78 is -0.754. The van der Waals surface area contributed by atoms with Crippen molar-refractivity contribution in [3.05, 3.63) is 54.1 Å². The van der Waals surface area contributed by atoms with Crippen LogP contribution in [0.2, 0.25) is 5.02 Å². The molecular formula is C28H35BrClN3O4S. The average molecular weight is 625 g/mol. The van der Waals surface area contributed by atoms with E-state index in [1.54, 1.807) is 51.7 Å². The molecule has 0 aliphatic carbocycles. The first-order chi connectivity index (χ1) is 18.1. The van der Waals surface area contributed by atoms with Gasteiger partial charge in [0.15, 0.2) is 0 Å². The minimum atomic E-state index is -0.771. The Labute approximate surface area is 242 Å². The highest BCUT2D eigenvalue weighted by molar-refractivity contribution is 9.09. The Morgan fingerprint density at radius 2 is 1.97 bits per heavy atom.